The number of hydrogen-bond donors (Lipinski definition) is 2. The van der Waals surface area contributed by atoms with Crippen molar-refractivity contribution in [1.82, 2.24) is 20.2 Å². The summed E-state index contributed by atoms with van der Waals surface area (Å²) in [6, 6.07) is 8.00. The van der Waals surface area contributed by atoms with E-state index in [1.165, 1.54) is 17.8 Å². The third-order valence-electron chi connectivity index (χ3n) is 6.42. The highest BCUT2D eigenvalue weighted by Gasteiger charge is 2.33. The molecule has 2 atom stereocenters. The Balaban J connectivity index is 1.21. The first-order valence-electron chi connectivity index (χ1n) is 11.3. The number of piperidine rings is 1. The Morgan fingerprint density at radius 1 is 1.19 bits per heavy atom. The third kappa shape index (κ3) is 4.62. The normalized spacial score (nSPS) is 25.5. The molecule has 8 nitrogen and oxygen atoms in total. The molecule has 2 aromatic heterocycles. The summed E-state index contributed by atoms with van der Waals surface area (Å²) in [7, 11) is 0. The molecule has 0 aromatic carbocycles. The van der Waals surface area contributed by atoms with E-state index in [1.807, 2.05) is 19.2 Å². The van der Waals surface area contributed by atoms with Gasteiger partial charge in [-0.1, -0.05) is 0 Å². The van der Waals surface area contributed by atoms with Gasteiger partial charge in [0, 0.05) is 50.5 Å². The molecule has 2 bridgehead atoms. The van der Waals surface area contributed by atoms with E-state index in [2.05, 4.69) is 32.7 Å². The molecule has 166 valence electrons. The van der Waals surface area contributed by atoms with Crippen molar-refractivity contribution in [3.8, 4) is 10.6 Å². The molecule has 2 aromatic rings. The Labute approximate surface area is 187 Å². The second-order valence-corrected chi connectivity index (χ2v) is 9.59. The Morgan fingerprint density at radius 3 is 2.71 bits per heavy atom. The van der Waals surface area contributed by atoms with E-state index in [0.29, 0.717) is 37.8 Å². The number of nitrogens with one attached hydrogen (secondary N) is 2. The van der Waals surface area contributed by atoms with Gasteiger partial charge in [0.25, 0.3) is 0 Å². The lowest BCUT2D eigenvalue weighted by Crippen LogP contribution is -2.48. The number of nitrogens with zero attached hydrogens (tertiary/aromatic N) is 4. The molecule has 0 saturated carbocycles. The van der Waals surface area contributed by atoms with Crippen LogP contribution in [-0.2, 0) is 4.74 Å². The monoisotopic (exact) mass is 442 g/mol. The first-order chi connectivity index (χ1) is 15.2. The maximum absolute atomic E-state index is 11.9. The summed E-state index contributed by atoms with van der Waals surface area (Å²) in [4.78, 5) is 26.4. The van der Waals surface area contributed by atoms with Crippen LogP contribution in [-0.4, -0.2) is 71.9 Å². The van der Waals surface area contributed by atoms with Crippen LogP contribution in [0.3, 0.4) is 0 Å². The summed E-state index contributed by atoms with van der Waals surface area (Å²) < 4.78 is 5.11. The average molecular weight is 443 g/mol. The SMILES string of the molecule is CCOC(=O)N1CCN(c2ccc(-c3ccnc(NC4CC5CCC(C4)N5)n3)s2)CC1. The molecule has 3 fully saturated rings. The van der Waals surface area contributed by atoms with Crippen LogP contribution in [0.4, 0.5) is 15.7 Å². The molecule has 1 amide bonds. The van der Waals surface area contributed by atoms with Crippen molar-refractivity contribution < 1.29 is 9.53 Å². The fourth-order valence-corrected chi connectivity index (χ4v) is 5.91. The Morgan fingerprint density at radius 2 is 1.97 bits per heavy atom. The highest BCUT2D eigenvalue weighted by molar-refractivity contribution is 7.19. The third-order valence-corrected chi connectivity index (χ3v) is 7.59. The van der Waals surface area contributed by atoms with Crippen LogP contribution in [0.15, 0.2) is 24.4 Å². The minimum atomic E-state index is -0.211. The van der Waals surface area contributed by atoms with Gasteiger partial charge in [-0.2, -0.15) is 0 Å². The van der Waals surface area contributed by atoms with Crippen LogP contribution >= 0.6 is 11.3 Å². The van der Waals surface area contributed by atoms with Crippen molar-refractivity contribution in [2.24, 2.45) is 0 Å². The largest absolute Gasteiger partial charge is 0.450 e. The number of carbonyl (C=O) groups excluding carboxylic acids is 1. The van der Waals surface area contributed by atoms with Crippen LogP contribution in [0.2, 0.25) is 0 Å². The van der Waals surface area contributed by atoms with Crippen molar-refractivity contribution in [3.05, 3.63) is 24.4 Å². The molecule has 0 radical (unpaired) electrons. The van der Waals surface area contributed by atoms with E-state index >= 15 is 0 Å². The average Bonchev–Trinajstić information content (AvgIpc) is 3.41. The topological polar surface area (TPSA) is 82.6 Å². The molecule has 0 aliphatic carbocycles. The summed E-state index contributed by atoms with van der Waals surface area (Å²) in [5, 5.41) is 8.46. The van der Waals surface area contributed by atoms with E-state index in [9.17, 15) is 4.79 Å². The number of anilines is 2. The van der Waals surface area contributed by atoms with E-state index in [4.69, 9.17) is 9.72 Å². The molecule has 5 heterocycles. The molecule has 3 aliphatic heterocycles. The van der Waals surface area contributed by atoms with Gasteiger partial charge in [0.1, 0.15) is 0 Å². The molecule has 2 N–H and O–H groups in total. The standard InChI is InChI=1S/C22H30N6O2S/c1-2-30-22(29)28-11-9-27(10-12-28)20-6-5-19(31-20)18-7-8-23-21(26-18)25-17-13-15-3-4-16(14-17)24-15/h5-8,15-17,24H,2-4,9-14H2,1H3,(H,23,25,26). The molecule has 2 unspecified atom stereocenters. The van der Waals surface area contributed by atoms with Crippen molar-refractivity contribution >= 4 is 28.4 Å². The minimum Gasteiger partial charge on any atom is -0.450 e. The minimum absolute atomic E-state index is 0.211. The lowest BCUT2D eigenvalue weighted by molar-refractivity contribution is 0.105. The van der Waals surface area contributed by atoms with Crippen LogP contribution in [0.5, 0.6) is 0 Å². The van der Waals surface area contributed by atoms with Crippen molar-refractivity contribution in [3.63, 3.8) is 0 Å². The molecule has 31 heavy (non-hydrogen) atoms. The predicted molar refractivity (Wildman–Crippen MR) is 123 cm³/mol. The number of amides is 1. The van der Waals surface area contributed by atoms with Crippen LogP contribution in [0, 0.1) is 0 Å². The number of ether oxygens (including phenoxy) is 1. The summed E-state index contributed by atoms with van der Waals surface area (Å²) in [5.41, 5.74) is 0.954. The maximum Gasteiger partial charge on any atom is 0.409 e. The number of piperazine rings is 1. The summed E-state index contributed by atoms with van der Waals surface area (Å²) in [5.74, 6) is 0.724. The first kappa shape index (κ1) is 20.5. The predicted octanol–water partition coefficient (Wildman–Crippen LogP) is 3.18. The van der Waals surface area contributed by atoms with E-state index in [1.54, 1.807) is 16.2 Å². The van der Waals surface area contributed by atoms with Crippen LogP contribution in [0.1, 0.15) is 32.6 Å². The Kier molecular flexibility index (Phi) is 5.95. The highest BCUT2D eigenvalue weighted by Crippen LogP contribution is 2.34. The van der Waals surface area contributed by atoms with Gasteiger partial charge >= 0.3 is 6.09 Å². The number of hydrogen-bond acceptors (Lipinski definition) is 8. The number of rotatable bonds is 5. The van der Waals surface area contributed by atoms with Crippen molar-refractivity contribution in [1.29, 1.82) is 0 Å². The zero-order chi connectivity index (χ0) is 21.2. The van der Waals surface area contributed by atoms with Gasteiger partial charge in [-0.25, -0.2) is 14.8 Å². The zero-order valence-electron chi connectivity index (χ0n) is 17.9. The van der Waals surface area contributed by atoms with Gasteiger partial charge in [-0.3, -0.25) is 0 Å². The van der Waals surface area contributed by atoms with Gasteiger partial charge in [0.15, 0.2) is 0 Å². The number of aromatic nitrogens is 2. The fourth-order valence-electron chi connectivity index (χ4n) is 4.88. The molecule has 0 spiro atoms. The maximum atomic E-state index is 11.9. The number of fused-ring (bicyclic) bond motifs is 2. The molecule has 3 saturated heterocycles. The first-order valence-corrected chi connectivity index (χ1v) is 12.1. The number of carbonyl (C=O) groups is 1. The van der Waals surface area contributed by atoms with E-state index in [-0.39, 0.29) is 6.09 Å². The summed E-state index contributed by atoms with van der Waals surface area (Å²) in [6.07, 6.45) is 6.50. The van der Waals surface area contributed by atoms with E-state index in [0.717, 1.165) is 42.5 Å². The van der Waals surface area contributed by atoms with Gasteiger partial charge in [0.2, 0.25) is 5.95 Å². The lowest BCUT2D eigenvalue weighted by atomic mass is 10.0. The Hall–Kier alpha value is -2.39. The fraction of sp³-hybridized carbons (Fsp3) is 0.591. The van der Waals surface area contributed by atoms with Gasteiger partial charge in [0.05, 0.1) is 22.2 Å². The van der Waals surface area contributed by atoms with Crippen molar-refractivity contribution in [2.45, 2.75) is 50.7 Å². The summed E-state index contributed by atoms with van der Waals surface area (Å²) in [6.45, 7) is 5.26. The van der Waals surface area contributed by atoms with Crippen LogP contribution in [0.25, 0.3) is 10.6 Å². The number of thiophene rings is 1. The van der Waals surface area contributed by atoms with Gasteiger partial charge in [-0.15, -0.1) is 11.3 Å². The zero-order valence-corrected chi connectivity index (χ0v) is 18.7. The van der Waals surface area contributed by atoms with Gasteiger partial charge < -0.3 is 25.2 Å². The molecular weight excluding hydrogens is 412 g/mol. The van der Waals surface area contributed by atoms with Crippen molar-refractivity contribution in [2.75, 3.05) is 43.0 Å². The van der Waals surface area contributed by atoms with Crippen LogP contribution < -0.4 is 15.5 Å². The smallest absolute Gasteiger partial charge is 0.409 e. The highest BCUT2D eigenvalue weighted by atomic mass is 32.1. The quantitative estimate of drug-likeness (QED) is 0.736. The Bertz CT molecular complexity index is 901. The second-order valence-electron chi connectivity index (χ2n) is 8.53. The molecule has 3 aliphatic rings. The molecule has 9 heteroatoms. The second kappa shape index (κ2) is 9.00. The van der Waals surface area contributed by atoms with E-state index < -0.39 is 0 Å². The molecular formula is C22H30N6O2S. The summed E-state index contributed by atoms with van der Waals surface area (Å²) >= 11 is 1.74. The lowest BCUT2D eigenvalue weighted by Gasteiger charge is -2.34. The molecule has 5 rings (SSSR count). The van der Waals surface area contributed by atoms with Gasteiger partial charge in [-0.05, 0) is 50.8 Å².